The van der Waals surface area contributed by atoms with Gasteiger partial charge in [-0.2, -0.15) is 4.98 Å². The first-order chi connectivity index (χ1) is 11.8. The Morgan fingerprint density at radius 1 is 1.20 bits per heavy atom. The van der Waals surface area contributed by atoms with Crippen LogP contribution in [0.1, 0.15) is 49.2 Å². The topological polar surface area (TPSA) is 59.8 Å². The minimum absolute atomic E-state index is 0.0989. The summed E-state index contributed by atoms with van der Waals surface area (Å²) in [7, 11) is 0. The zero-order chi connectivity index (χ0) is 18.2. The van der Waals surface area contributed by atoms with E-state index in [4.69, 9.17) is 0 Å². The first kappa shape index (κ1) is 17.1. The molecule has 3 aromatic rings. The van der Waals surface area contributed by atoms with Crippen LogP contribution in [0.15, 0.2) is 36.7 Å². The van der Waals surface area contributed by atoms with Crippen molar-refractivity contribution in [2.75, 3.05) is 5.32 Å². The molecule has 5 nitrogen and oxygen atoms in total. The van der Waals surface area contributed by atoms with E-state index in [0.29, 0.717) is 11.5 Å². The molecule has 0 atom stereocenters. The van der Waals surface area contributed by atoms with E-state index in [1.54, 1.807) is 18.3 Å². The van der Waals surface area contributed by atoms with Crippen molar-refractivity contribution in [3.8, 4) is 0 Å². The number of aromatic nitrogens is 3. The van der Waals surface area contributed by atoms with Crippen LogP contribution in [0.4, 0.5) is 5.95 Å². The summed E-state index contributed by atoms with van der Waals surface area (Å²) in [6.45, 7) is 10.5. The molecule has 0 saturated carbocycles. The lowest BCUT2D eigenvalue weighted by atomic mass is 10.1. The van der Waals surface area contributed by atoms with Gasteiger partial charge in [0.1, 0.15) is 5.65 Å². The van der Waals surface area contributed by atoms with Crippen molar-refractivity contribution in [2.45, 2.75) is 46.6 Å². The molecule has 0 bridgehead atoms. The van der Waals surface area contributed by atoms with Crippen molar-refractivity contribution in [3.63, 3.8) is 0 Å². The molecule has 0 radical (unpaired) electrons. The van der Waals surface area contributed by atoms with Gasteiger partial charge in [-0.05, 0) is 51.8 Å². The number of carbonyl (C=O) groups is 1. The maximum Gasteiger partial charge on any atom is 0.258 e. The van der Waals surface area contributed by atoms with Gasteiger partial charge in [0.05, 0.1) is 0 Å². The Hall–Kier alpha value is -2.69. The van der Waals surface area contributed by atoms with Gasteiger partial charge in [-0.15, -0.1) is 0 Å². The van der Waals surface area contributed by atoms with Crippen molar-refractivity contribution >= 4 is 22.9 Å². The number of hydrogen-bond donors (Lipinski definition) is 1. The first-order valence-corrected chi connectivity index (χ1v) is 8.55. The third-order valence-electron chi connectivity index (χ3n) is 4.27. The lowest BCUT2D eigenvalue weighted by Gasteiger charge is -2.22. The van der Waals surface area contributed by atoms with Crippen LogP contribution in [-0.4, -0.2) is 20.4 Å². The summed E-state index contributed by atoms with van der Waals surface area (Å²) < 4.78 is 2.14. The van der Waals surface area contributed by atoms with Gasteiger partial charge in [0.2, 0.25) is 5.95 Å². The number of amides is 1. The van der Waals surface area contributed by atoms with Gasteiger partial charge >= 0.3 is 0 Å². The van der Waals surface area contributed by atoms with Crippen LogP contribution >= 0.6 is 0 Å². The van der Waals surface area contributed by atoms with Crippen LogP contribution in [0, 0.1) is 6.92 Å². The van der Waals surface area contributed by atoms with E-state index >= 15 is 0 Å². The molecule has 2 heterocycles. The number of aryl methyl sites for hydroxylation is 2. The lowest BCUT2D eigenvalue weighted by Crippen LogP contribution is -2.21. The molecule has 3 rings (SSSR count). The predicted molar refractivity (Wildman–Crippen MR) is 101 cm³/mol. The highest BCUT2D eigenvalue weighted by Crippen LogP contribution is 2.27. The Bertz CT molecular complexity index is 917. The highest BCUT2D eigenvalue weighted by molar-refractivity contribution is 6.03. The molecule has 0 spiro atoms. The smallest absolute Gasteiger partial charge is 0.258 e. The van der Waals surface area contributed by atoms with Gasteiger partial charge < -0.3 is 4.57 Å². The Labute approximate surface area is 148 Å². The maximum absolute atomic E-state index is 12.4. The molecule has 130 valence electrons. The Morgan fingerprint density at radius 2 is 1.88 bits per heavy atom. The Kier molecular flexibility index (Phi) is 4.33. The second-order valence-corrected chi connectivity index (χ2v) is 7.30. The fourth-order valence-electron chi connectivity index (χ4n) is 2.80. The number of nitrogens with zero attached hydrogens (tertiary/aromatic N) is 3. The fourth-order valence-corrected chi connectivity index (χ4v) is 2.80. The van der Waals surface area contributed by atoms with Crippen molar-refractivity contribution in [2.24, 2.45) is 0 Å². The number of nitrogens with one attached hydrogen (secondary N) is 1. The number of fused-ring (bicyclic) bond motifs is 1. The van der Waals surface area contributed by atoms with Crippen molar-refractivity contribution in [1.82, 2.24) is 14.5 Å². The van der Waals surface area contributed by atoms with Crippen LogP contribution in [0.2, 0.25) is 0 Å². The van der Waals surface area contributed by atoms with E-state index in [9.17, 15) is 4.79 Å². The minimum atomic E-state index is -0.205. The average molecular weight is 336 g/mol. The molecule has 0 fully saturated rings. The molecule has 0 aliphatic carbocycles. The van der Waals surface area contributed by atoms with E-state index in [-0.39, 0.29) is 11.4 Å². The third-order valence-corrected chi connectivity index (χ3v) is 4.27. The molecular formula is C20H24N4O. The van der Waals surface area contributed by atoms with Crippen LogP contribution < -0.4 is 5.32 Å². The van der Waals surface area contributed by atoms with Crippen molar-refractivity contribution in [3.05, 3.63) is 53.3 Å². The zero-order valence-electron chi connectivity index (χ0n) is 15.4. The third kappa shape index (κ3) is 3.40. The summed E-state index contributed by atoms with van der Waals surface area (Å²) in [6.07, 6.45) is 4.84. The van der Waals surface area contributed by atoms with Gasteiger partial charge in [0, 0.05) is 28.9 Å². The monoisotopic (exact) mass is 336 g/mol. The molecule has 0 unspecified atom stereocenters. The summed E-state index contributed by atoms with van der Waals surface area (Å²) in [5.41, 5.74) is 3.66. The van der Waals surface area contributed by atoms with Crippen LogP contribution in [0.5, 0.6) is 0 Å². The molecule has 1 N–H and O–H groups in total. The molecule has 5 heteroatoms. The van der Waals surface area contributed by atoms with Gasteiger partial charge in [-0.3, -0.25) is 10.1 Å². The first-order valence-electron chi connectivity index (χ1n) is 8.55. The summed E-state index contributed by atoms with van der Waals surface area (Å²) in [4.78, 5) is 21.4. The van der Waals surface area contributed by atoms with E-state index < -0.39 is 0 Å². The van der Waals surface area contributed by atoms with E-state index in [2.05, 4.69) is 53.7 Å². The molecule has 2 aromatic heterocycles. The molecule has 0 saturated heterocycles. The highest BCUT2D eigenvalue weighted by atomic mass is 16.1. The van der Waals surface area contributed by atoms with E-state index in [1.807, 2.05) is 19.1 Å². The SMILES string of the molecule is CCc1cn(C(C)(C)C)c2nc(NC(=O)c3ccc(C)cc3)ncc12. The average Bonchev–Trinajstić information content (AvgIpc) is 2.93. The maximum atomic E-state index is 12.4. The van der Waals surface area contributed by atoms with Gasteiger partial charge in [-0.25, -0.2) is 4.98 Å². The molecule has 0 aliphatic rings. The second-order valence-electron chi connectivity index (χ2n) is 7.30. The molecule has 0 aliphatic heterocycles. The summed E-state index contributed by atoms with van der Waals surface area (Å²) in [6, 6.07) is 7.43. The van der Waals surface area contributed by atoms with E-state index in [1.165, 1.54) is 5.56 Å². The second kappa shape index (κ2) is 6.31. The van der Waals surface area contributed by atoms with Crippen LogP contribution in [0.25, 0.3) is 11.0 Å². The van der Waals surface area contributed by atoms with Crippen LogP contribution in [-0.2, 0) is 12.0 Å². The largest absolute Gasteiger partial charge is 0.327 e. The number of anilines is 1. The number of rotatable bonds is 3. The lowest BCUT2D eigenvalue weighted by molar-refractivity contribution is 0.102. The normalized spacial score (nSPS) is 11.7. The van der Waals surface area contributed by atoms with Crippen molar-refractivity contribution < 1.29 is 4.79 Å². The Balaban J connectivity index is 1.97. The number of benzene rings is 1. The van der Waals surface area contributed by atoms with Gasteiger partial charge in [-0.1, -0.05) is 24.6 Å². The van der Waals surface area contributed by atoms with Gasteiger partial charge in [0.15, 0.2) is 0 Å². The standard InChI is InChI=1S/C20H24N4O/c1-6-14-12-24(20(3,4)5)17-16(14)11-21-19(22-17)23-18(25)15-9-7-13(2)8-10-15/h7-12H,6H2,1-5H3,(H,21,22,23,25). The predicted octanol–water partition coefficient (Wildman–Crippen LogP) is 4.31. The van der Waals surface area contributed by atoms with Gasteiger partial charge in [0.25, 0.3) is 5.91 Å². The molecule has 1 aromatic carbocycles. The summed E-state index contributed by atoms with van der Waals surface area (Å²) in [5.74, 6) is 0.119. The Morgan fingerprint density at radius 3 is 2.48 bits per heavy atom. The summed E-state index contributed by atoms with van der Waals surface area (Å²) in [5, 5.41) is 3.83. The fraction of sp³-hybridized carbons (Fsp3) is 0.350. The van der Waals surface area contributed by atoms with Crippen LogP contribution in [0.3, 0.4) is 0 Å². The molecular weight excluding hydrogens is 312 g/mol. The minimum Gasteiger partial charge on any atom is -0.327 e. The quantitative estimate of drug-likeness (QED) is 0.775. The highest BCUT2D eigenvalue weighted by Gasteiger charge is 2.20. The number of hydrogen-bond acceptors (Lipinski definition) is 3. The molecule has 1 amide bonds. The number of carbonyl (C=O) groups excluding carboxylic acids is 1. The van der Waals surface area contributed by atoms with Crippen molar-refractivity contribution in [1.29, 1.82) is 0 Å². The molecule has 25 heavy (non-hydrogen) atoms. The zero-order valence-corrected chi connectivity index (χ0v) is 15.4. The van der Waals surface area contributed by atoms with E-state index in [0.717, 1.165) is 23.0 Å². The summed E-state index contributed by atoms with van der Waals surface area (Å²) >= 11 is 0.